The zero-order valence-corrected chi connectivity index (χ0v) is 18.1. The summed E-state index contributed by atoms with van der Waals surface area (Å²) in [5.74, 6) is 0.972. The van der Waals surface area contributed by atoms with E-state index in [2.05, 4.69) is 83.3 Å². The van der Waals surface area contributed by atoms with Gasteiger partial charge in [0.25, 0.3) is 0 Å². The van der Waals surface area contributed by atoms with Crippen molar-refractivity contribution in [1.29, 1.82) is 0 Å². The van der Waals surface area contributed by atoms with Crippen molar-refractivity contribution in [2.45, 2.75) is 77.9 Å². The van der Waals surface area contributed by atoms with Crippen molar-refractivity contribution in [3.8, 4) is 5.75 Å². The maximum Gasteiger partial charge on any atom is 0.220 e. The Morgan fingerprint density at radius 3 is 2.46 bits per heavy atom. The first kappa shape index (κ1) is 20.4. The predicted molar refractivity (Wildman–Crippen MR) is 115 cm³/mol. The number of benzene rings is 2. The van der Waals surface area contributed by atoms with Crippen LogP contribution in [0, 0.1) is 6.92 Å². The molecule has 1 heterocycles. The van der Waals surface area contributed by atoms with Gasteiger partial charge in [-0.25, -0.2) is 0 Å². The molecule has 1 amide bonds. The van der Waals surface area contributed by atoms with Crippen molar-refractivity contribution >= 4 is 5.91 Å². The van der Waals surface area contributed by atoms with E-state index in [4.69, 9.17) is 4.74 Å². The molecule has 1 atom stereocenters. The number of ether oxygens (including phenoxy) is 1. The summed E-state index contributed by atoms with van der Waals surface area (Å²) in [4.78, 5) is 12.7. The molecular formula is C25H33NO2. The molecule has 3 rings (SSSR count). The van der Waals surface area contributed by atoms with E-state index >= 15 is 0 Å². The third-order valence-electron chi connectivity index (χ3n) is 5.42. The molecule has 1 aliphatic heterocycles. The number of amides is 1. The Morgan fingerprint density at radius 1 is 1.14 bits per heavy atom. The Kier molecular flexibility index (Phi) is 5.56. The van der Waals surface area contributed by atoms with Crippen LogP contribution in [0.15, 0.2) is 42.5 Å². The van der Waals surface area contributed by atoms with Crippen LogP contribution in [0.5, 0.6) is 5.75 Å². The van der Waals surface area contributed by atoms with E-state index in [1.54, 1.807) is 0 Å². The van der Waals surface area contributed by atoms with Crippen LogP contribution < -0.4 is 10.1 Å². The van der Waals surface area contributed by atoms with Gasteiger partial charge in [-0.2, -0.15) is 0 Å². The summed E-state index contributed by atoms with van der Waals surface area (Å²) < 4.78 is 6.10. The lowest BCUT2D eigenvalue weighted by Gasteiger charge is -2.38. The number of hydrogen-bond acceptors (Lipinski definition) is 2. The van der Waals surface area contributed by atoms with Gasteiger partial charge < -0.3 is 10.1 Å². The van der Waals surface area contributed by atoms with Crippen molar-refractivity contribution in [2.75, 3.05) is 0 Å². The van der Waals surface area contributed by atoms with Gasteiger partial charge in [0.2, 0.25) is 5.91 Å². The quantitative estimate of drug-likeness (QED) is 0.746. The molecule has 0 aliphatic carbocycles. The fourth-order valence-electron chi connectivity index (χ4n) is 3.80. The first-order valence-electron chi connectivity index (χ1n) is 10.2. The average molecular weight is 380 g/mol. The summed E-state index contributed by atoms with van der Waals surface area (Å²) >= 11 is 0. The number of aryl methyl sites for hydroxylation is 2. The number of carbonyl (C=O) groups excluding carboxylic acids is 1. The summed E-state index contributed by atoms with van der Waals surface area (Å²) in [7, 11) is 0. The molecule has 150 valence electrons. The smallest absolute Gasteiger partial charge is 0.220 e. The van der Waals surface area contributed by atoms with Crippen LogP contribution in [-0.4, -0.2) is 11.5 Å². The fraction of sp³-hybridized carbons (Fsp3) is 0.480. The Bertz CT molecular complexity index is 844. The number of carbonyl (C=O) groups is 1. The van der Waals surface area contributed by atoms with Crippen LogP contribution in [0.4, 0.5) is 0 Å². The standard InChI is InChI=1S/C25H33NO2/c1-17-7-13-22-20(15-17)21(16-25(5,6)28-22)26-23(27)14-10-18-8-11-19(12-9-18)24(2,3)4/h7-9,11-13,15,21H,10,14,16H2,1-6H3,(H,26,27)/t21-/m0/s1. The van der Waals surface area contributed by atoms with Gasteiger partial charge in [0.15, 0.2) is 0 Å². The maximum atomic E-state index is 12.7. The average Bonchev–Trinajstić information content (AvgIpc) is 2.59. The molecule has 3 heteroatoms. The van der Waals surface area contributed by atoms with E-state index in [0.29, 0.717) is 6.42 Å². The van der Waals surface area contributed by atoms with Crippen molar-refractivity contribution in [1.82, 2.24) is 5.32 Å². The zero-order valence-electron chi connectivity index (χ0n) is 18.1. The normalized spacial score (nSPS) is 18.1. The van der Waals surface area contributed by atoms with Crippen molar-refractivity contribution < 1.29 is 9.53 Å². The van der Waals surface area contributed by atoms with E-state index in [1.807, 2.05) is 6.07 Å². The van der Waals surface area contributed by atoms with E-state index in [9.17, 15) is 4.79 Å². The van der Waals surface area contributed by atoms with E-state index < -0.39 is 0 Å². The third-order valence-corrected chi connectivity index (χ3v) is 5.42. The molecule has 0 saturated heterocycles. The van der Waals surface area contributed by atoms with Crippen LogP contribution in [0.2, 0.25) is 0 Å². The lowest BCUT2D eigenvalue weighted by molar-refractivity contribution is -0.122. The SMILES string of the molecule is Cc1ccc2c(c1)[C@@H](NC(=O)CCc1ccc(C(C)(C)C)cc1)CC(C)(C)O2. The highest BCUT2D eigenvalue weighted by Crippen LogP contribution is 2.39. The molecule has 0 aromatic heterocycles. The van der Waals surface area contributed by atoms with Crippen LogP contribution in [0.1, 0.15) is 75.8 Å². The minimum absolute atomic E-state index is 0.00517. The van der Waals surface area contributed by atoms with Gasteiger partial charge in [0, 0.05) is 18.4 Å². The summed E-state index contributed by atoms with van der Waals surface area (Å²) in [5, 5.41) is 3.24. The summed E-state index contributed by atoms with van der Waals surface area (Å²) in [6.45, 7) is 12.9. The van der Waals surface area contributed by atoms with Gasteiger partial charge in [-0.15, -0.1) is 0 Å². The molecule has 2 aromatic carbocycles. The molecule has 0 fully saturated rings. The van der Waals surface area contributed by atoms with Gasteiger partial charge in [0.1, 0.15) is 11.4 Å². The molecule has 0 bridgehead atoms. The molecular weight excluding hydrogens is 346 g/mol. The number of nitrogens with one attached hydrogen (secondary N) is 1. The van der Waals surface area contributed by atoms with Crippen molar-refractivity contribution in [3.63, 3.8) is 0 Å². The lowest BCUT2D eigenvalue weighted by atomic mass is 9.86. The van der Waals surface area contributed by atoms with Gasteiger partial charge >= 0.3 is 0 Å². The molecule has 0 radical (unpaired) electrons. The second kappa shape index (κ2) is 7.62. The minimum atomic E-state index is -0.289. The summed E-state index contributed by atoms with van der Waals surface area (Å²) in [6, 6.07) is 14.8. The lowest BCUT2D eigenvalue weighted by Crippen LogP contribution is -2.41. The molecule has 1 N–H and O–H groups in total. The predicted octanol–water partition coefficient (Wildman–Crippen LogP) is 5.64. The Morgan fingerprint density at radius 2 is 1.82 bits per heavy atom. The first-order valence-corrected chi connectivity index (χ1v) is 10.2. The Balaban J connectivity index is 1.64. The van der Waals surface area contributed by atoms with E-state index in [0.717, 1.165) is 24.2 Å². The molecule has 1 aliphatic rings. The minimum Gasteiger partial charge on any atom is -0.487 e. The topological polar surface area (TPSA) is 38.3 Å². The second-order valence-electron chi connectivity index (χ2n) is 9.67. The third kappa shape index (κ3) is 4.95. The maximum absolute atomic E-state index is 12.7. The van der Waals surface area contributed by atoms with Crippen molar-refractivity contribution in [2.24, 2.45) is 0 Å². The monoisotopic (exact) mass is 379 g/mol. The second-order valence-corrected chi connectivity index (χ2v) is 9.67. The van der Waals surface area contributed by atoms with E-state index in [1.165, 1.54) is 16.7 Å². The molecule has 0 saturated carbocycles. The van der Waals surface area contributed by atoms with Crippen LogP contribution in [-0.2, 0) is 16.6 Å². The molecule has 0 spiro atoms. The molecule has 2 aromatic rings. The Labute approximate surface area is 169 Å². The van der Waals surface area contributed by atoms with Gasteiger partial charge in [-0.3, -0.25) is 4.79 Å². The van der Waals surface area contributed by atoms with Crippen LogP contribution >= 0.6 is 0 Å². The van der Waals surface area contributed by atoms with Gasteiger partial charge in [0.05, 0.1) is 6.04 Å². The zero-order chi connectivity index (χ0) is 20.5. The van der Waals surface area contributed by atoms with Crippen molar-refractivity contribution in [3.05, 3.63) is 64.7 Å². The number of fused-ring (bicyclic) bond motifs is 1. The molecule has 0 unspecified atom stereocenters. The molecule has 28 heavy (non-hydrogen) atoms. The first-order chi connectivity index (χ1) is 13.0. The summed E-state index contributed by atoms with van der Waals surface area (Å²) in [6.07, 6.45) is 2.02. The number of hydrogen-bond donors (Lipinski definition) is 1. The Hall–Kier alpha value is -2.29. The fourth-order valence-corrected chi connectivity index (χ4v) is 3.80. The highest BCUT2D eigenvalue weighted by Gasteiger charge is 2.34. The van der Waals surface area contributed by atoms with Crippen LogP contribution in [0.3, 0.4) is 0 Å². The van der Waals surface area contributed by atoms with Crippen LogP contribution in [0.25, 0.3) is 0 Å². The highest BCUT2D eigenvalue weighted by molar-refractivity contribution is 5.77. The van der Waals surface area contributed by atoms with Gasteiger partial charge in [-0.05, 0) is 49.8 Å². The largest absolute Gasteiger partial charge is 0.487 e. The molecule has 3 nitrogen and oxygen atoms in total. The highest BCUT2D eigenvalue weighted by atomic mass is 16.5. The van der Waals surface area contributed by atoms with Gasteiger partial charge in [-0.1, -0.05) is 62.7 Å². The van der Waals surface area contributed by atoms with E-state index in [-0.39, 0.29) is 23.0 Å². The number of rotatable bonds is 4. The summed E-state index contributed by atoms with van der Waals surface area (Å²) in [5.41, 5.74) is 4.64.